The summed E-state index contributed by atoms with van der Waals surface area (Å²) in [6.45, 7) is 4.13. The highest BCUT2D eigenvalue weighted by molar-refractivity contribution is 6.31. The maximum atomic E-state index is 12.3. The van der Waals surface area contributed by atoms with Gasteiger partial charge in [0.2, 0.25) is 0 Å². The van der Waals surface area contributed by atoms with Crippen LogP contribution in [0.5, 0.6) is 0 Å². The Labute approximate surface area is 194 Å². The van der Waals surface area contributed by atoms with Gasteiger partial charge >= 0.3 is 0 Å². The van der Waals surface area contributed by atoms with Crippen LogP contribution < -0.4 is 10.9 Å². The minimum Gasteiger partial charge on any atom is -0.374 e. The molecule has 0 atom stereocenters. The largest absolute Gasteiger partial charge is 0.374 e. The van der Waals surface area contributed by atoms with Crippen molar-refractivity contribution in [3.63, 3.8) is 0 Å². The molecule has 0 saturated heterocycles. The fourth-order valence-corrected chi connectivity index (χ4v) is 3.73. The van der Waals surface area contributed by atoms with Crippen molar-refractivity contribution in [2.45, 2.75) is 45.4 Å². The van der Waals surface area contributed by atoms with Crippen LogP contribution in [-0.2, 0) is 4.79 Å². The summed E-state index contributed by atoms with van der Waals surface area (Å²) in [5.74, 6) is -0.831. The number of nitrogens with zero attached hydrogens (tertiary/aromatic N) is 1. The Kier molecular flexibility index (Phi) is 8.99. The molecule has 1 aromatic carbocycles. The van der Waals surface area contributed by atoms with E-state index in [1.54, 1.807) is 30.3 Å². The van der Waals surface area contributed by atoms with E-state index in [1.807, 2.05) is 6.08 Å². The van der Waals surface area contributed by atoms with Gasteiger partial charge in [-0.3, -0.25) is 20.4 Å². The van der Waals surface area contributed by atoms with Gasteiger partial charge in [-0.05, 0) is 54.6 Å². The topological polar surface area (TPSA) is 77.2 Å². The van der Waals surface area contributed by atoms with Crippen molar-refractivity contribution >= 4 is 34.3 Å². The van der Waals surface area contributed by atoms with E-state index in [1.165, 1.54) is 44.6 Å². The molecular formula is C25H31ClN4O2. The monoisotopic (exact) mass is 454 g/mol. The summed E-state index contributed by atoms with van der Waals surface area (Å²) in [5, 5.41) is 1.42. The molecule has 170 valence electrons. The second-order valence-electron chi connectivity index (χ2n) is 7.97. The van der Waals surface area contributed by atoms with Gasteiger partial charge in [0.15, 0.2) is 0 Å². The summed E-state index contributed by atoms with van der Waals surface area (Å²) >= 11 is 5.97. The molecule has 6 nitrogen and oxygen atoms in total. The van der Waals surface area contributed by atoms with Gasteiger partial charge in [0, 0.05) is 35.1 Å². The number of H-pyrrole nitrogens is 1. The van der Waals surface area contributed by atoms with Crippen LogP contribution in [0, 0.1) is 0 Å². The molecule has 2 heterocycles. The molecule has 2 aromatic rings. The number of fused-ring (bicyclic) bond motifs is 1. The van der Waals surface area contributed by atoms with Crippen molar-refractivity contribution in [2.75, 3.05) is 13.1 Å². The molecule has 0 aliphatic carbocycles. The van der Waals surface area contributed by atoms with Crippen molar-refractivity contribution in [2.24, 2.45) is 0 Å². The number of nitrogens with one attached hydrogen (secondary N) is 3. The molecule has 3 N–H and O–H groups in total. The average Bonchev–Trinajstić information content (AvgIpc) is 3.22. The number of hydrogen-bond donors (Lipinski definition) is 3. The molecule has 0 unspecified atom stereocenters. The quantitative estimate of drug-likeness (QED) is 0.260. The first-order valence-electron chi connectivity index (χ1n) is 11.2. The third-order valence-electron chi connectivity index (χ3n) is 5.39. The minimum atomic E-state index is -0.429. The number of allylic oxidation sites excluding steroid dienone is 3. The highest BCUT2D eigenvalue weighted by atomic mass is 35.5. The summed E-state index contributed by atoms with van der Waals surface area (Å²) < 4.78 is 0. The van der Waals surface area contributed by atoms with Crippen molar-refractivity contribution in [1.29, 1.82) is 0 Å². The molecule has 7 heteroatoms. The van der Waals surface area contributed by atoms with Gasteiger partial charge in [-0.2, -0.15) is 0 Å². The predicted octanol–water partition coefficient (Wildman–Crippen LogP) is 5.25. The minimum absolute atomic E-state index is 0.343. The number of carbonyl (C=O) groups is 2. The zero-order chi connectivity index (χ0) is 22.8. The highest BCUT2D eigenvalue weighted by Gasteiger charge is 2.10. The van der Waals surface area contributed by atoms with E-state index in [0.717, 1.165) is 29.6 Å². The SMILES string of the molecule is CCCCCCCCN1C=CC(/C=C/C(=O)NNC(=O)c2cc3cc(Cl)ccc3[nH]2)=CC1. The molecule has 0 fully saturated rings. The number of carbonyl (C=O) groups excluding carboxylic acids is 2. The summed E-state index contributed by atoms with van der Waals surface area (Å²) in [6.07, 6.45) is 17.1. The van der Waals surface area contributed by atoms with E-state index in [4.69, 9.17) is 11.6 Å². The van der Waals surface area contributed by atoms with Gasteiger partial charge in [0.25, 0.3) is 11.8 Å². The van der Waals surface area contributed by atoms with Crippen molar-refractivity contribution in [3.8, 4) is 0 Å². The summed E-state index contributed by atoms with van der Waals surface area (Å²) in [5.41, 5.74) is 6.92. The lowest BCUT2D eigenvalue weighted by atomic mass is 10.1. The number of aromatic nitrogens is 1. The number of amides is 2. The standard InChI is InChI=1S/C25H31ClN4O2/c1-2-3-4-5-6-7-14-30-15-12-19(13-16-30)8-11-24(31)28-29-25(32)23-18-20-17-21(26)9-10-22(20)27-23/h8-13,15,17-18,27H,2-7,14,16H2,1H3,(H,28,31)(H,29,32)/b11-8+. The van der Waals surface area contributed by atoms with Crippen LogP contribution in [0.4, 0.5) is 0 Å². The molecule has 2 amide bonds. The van der Waals surface area contributed by atoms with E-state index in [9.17, 15) is 9.59 Å². The highest BCUT2D eigenvalue weighted by Crippen LogP contribution is 2.20. The summed E-state index contributed by atoms with van der Waals surface area (Å²) in [4.78, 5) is 29.6. The van der Waals surface area contributed by atoms with Gasteiger partial charge in [-0.1, -0.05) is 56.7 Å². The second-order valence-corrected chi connectivity index (χ2v) is 8.41. The number of halogens is 1. The number of hydrazine groups is 1. The Morgan fingerprint density at radius 1 is 1.12 bits per heavy atom. The zero-order valence-corrected chi connectivity index (χ0v) is 19.3. The molecule has 0 saturated carbocycles. The van der Waals surface area contributed by atoms with E-state index >= 15 is 0 Å². The molecule has 32 heavy (non-hydrogen) atoms. The van der Waals surface area contributed by atoms with Crippen LogP contribution in [-0.4, -0.2) is 34.8 Å². The zero-order valence-electron chi connectivity index (χ0n) is 18.5. The lowest BCUT2D eigenvalue weighted by molar-refractivity contribution is -0.117. The maximum Gasteiger partial charge on any atom is 0.286 e. The third-order valence-corrected chi connectivity index (χ3v) is 5.63. The van der Waals surface area contributed by atoms with Gasteiger partial charge in [0.05, 0.1) is 0 Å². The summed E-state index contributed by atoms with van der Waals surface area (Å²) in [7, 11) is 0. The number of benzene rings is 1. The van der Waals surface area contributed by atoms with E-state index in [0.29, 0.717) is 10.7 Å². The smallest absolute Gasteiger partial charge is 0.286 e. The lowest BCUT2D eigenvalue weighted by Gasteiger charge is -2.21. The molecule has 1 aromatic heterocycles. The Morgan fingerprint density at radius 3 is 2.72 bits per heavy atom. The van der Waals surface area contributed by atoms with Gasteiger partial charge in [0.1, 0.15) is 5.69 Å². The van der Waals surface area contributed by atoms with Gasteiger partial charge in [-0.15, -0.1) is 0 Å². The van der Waals surface area contributed by atoms with Crippen LogP contribution in [0.1, 0.15) is 55.9 Å². The fraction of sp³-hybridized carbons (Fsp3) is 0.360. The number of rotatable bonds is 10. The normalized spacial score (nSPS) is 13.6. The van der Waals surface area contributed by atoms with Gasteiger partial charge in [-0.25, -0.2) is 0 Å². The van der Waals surface area contributed by atoms with Gasteiger partial charge < -0.3 is 9.88 Å². The Bertz CT molecular complexity index is 1020. The second kappa shape index (κ2) is 12.2. The molecular weight excluding hydrogens is 424 g/mol. The van der Waals surface area contributed by atoms with E-state index < -0.39 is 11.8 Å². The predicted molar refractivity (Wildman–Crippen MR) is 130 cm³/mol. The Balaban J connectivity index is 1.37. The molecule has 3 rings (SSSR count). The maximum absolute atomic E-state index is 12.3. The number of hydrogen-bond acceptors (Lipinski definition) is 3. The van der Waals surface area contributed by atoms with Crippen LogP contribution in [0.2, 0.25) is 5.02 Å². The van der Waals surface area contributed by atoms with Crippen LogP contribution in [0.25, 0.3) is 10.9 Å². The first-order valence-corrected chi connectivity index (χ1v) is 11.6. The van der Waals surface area contributed by atoms with Crippen molar-refractivity contribution < 1.29 is 9.59 Å². The van der Waals surface area contributed by atoms with Crippen LogP contribution >= 0.6 is 11.6 Å². The lowest BCUT2D eigenvalue weighted by Crippen LogP contribution is -2.40. The Morgan fingerprint density at radius 2 is 1.94 bits per heavy atom. The van der Waals surface area contributed by atoms with Crippen molar-refractivity contribution in [1.82, 2.24) is 20.7 Å². The molecule has 0 bridgehead atoms. The van der Waals surface area contributed by atoms with Crippen LogP contribution in [0.3, 0.4) is 0 Å². The number of aromatic amines is 1. The van der Waals surface area contributed by atoms with E-state index in [-0.39, 0.29) is 0 Å². The fourth-order valence-electron chi connectivity index (χ4n) is 3.55. The summed E-state index contributed by atoms with van der Waals surface area (Å²) in [6, 6.07) is 7.01. The van der Waals surface area contributed by atoms with Crippen molar-refractivity contribution in [3.05, 3.63) is 71.1 Å². The van der Waals surface area contributed by atoms with E-state index in [2.05, 4.69) is 39.9 Å². The molecule has 1 aliphatic heterocycles. The number of unbranched alkanes of at least 4 members (excludes halogenated alkanes) is 5. The molecule has 0 spiro atoms. The molecule has 1 aliphatic rings. The Hall–Kier alpha value is -2.99. The first kappa shape index (κ1) is 23.7. The average molecular weight is 455 g/mol. The first-order chi connectivity index (χ1) is 15.5. The third kappa shape index (κ3) is 7.31. The van der Waals surface area contributed by atoms with Crippen LogP contribution in [0.15, 0.2) is 60.3 Å². The molecule has 0 radical (unpaired) electrons.